The van der Waals surface area contributed by atoms with E-state index in [2.05, 4.69) is 5.73 Å². The summed E-state index contributed by atoms with van der Waals surface area (Å²) in [5, 5.41) is 40.1. The van der Waals surface area contributed by atoms with E-state index in [0.29, 0.717) is 0 Å². The lowest BCUT2D eigenvalue weighted by molar-refractivity contribution is -0.165. The Morgan fingerprint density at radius 2 is 1.13 bits per heavy atom. The maximum absolute atomic E-state index is 9.77. The first-order valence-electron chi connectivity index (χ1n) is 3.47. The zero-order valence-corrected chi connectivity index (χ0v) is 7.40. The van der Waals surface area contributed by atoms with Crippen LogP contribution in [0, 0.1) is 0 Å². The summed E-state index contributed by atoms with van der Waals surface area (Å²) in [5.74, 6) is -4.50. The average molecular weight is 225 g/mol. The predicted molar refractivity (Wildman–Crippen MR) is 44.0 cm³/mol. The summed E-state index contributed by atoms with van der Waals surface area (Å²) in [4.78, 5) is 28.8. The molecule has 0 spiro atoms. The van der Waals surface area contributed by atoms with Crippen LogP contribution in [0.4, 0.5) is 0 Å². The number of aliphatic carboxylic acids is 3. The molecule has 0 rings (SSSR count). The Morgan fingerprint density at radius 3 is 1.20 bits per heavy atom. The number of aliphatic hydroxyl groups is 2. The number of rotatable bonds is 4. The van der Waals surface area contributed by atoms with Gasteiger partial charge in [0.2, 0.25) is 0 Å². The third kappa shape index (κ3) is 8.62. The zero-order chi connectivity index (χ0) is 12.6. The number of aliphatic hydroxyl groups excluding tert-OH is 2. The van der Waals surface area contributed by atoms with Crippen LogP contribution >= 0.6 is 0 Å². The van der Waals surface area contributed by atoms with Crippen LogP contribution in [0.5, 0.6) is 0 Å². The van der Waals surface area contributed by atoms with Gasteiger partial charge in [-0.15, -0.1) is 0 Å². The number of nitrogens with two attached hydrogens (primary N) is 1. The van der Waals surface area contributed by atoms with Crippen molar-refractivity contribution in [3.8, 4) is 0 Å². The van der Waals surface area contributed by atoms with Crippen molar-refractivity contribution in [2.24, 2.45) is 5.73 Å². The van der Waals surface area contributed by atoms with E-state index in [0.717, 1.165) is 0 Å². The molecule has 0 aromatic carbocycles. The molecule has 0 saturated carbocycles. The molecule has 0 saturated heterocycles. The zero-order valence-electron chi connectivity index (χ0n) is 7.40. The van der Waals surface area contributed by atoms with Gasteiger partial charge in [-0.25, -0.2) is 9.59 Å². The third-order valence-electron chi connectivity index (χ3n) is 0.980. The molecule has 0 aromatic rings. The Balaban J connectivity index is 0. The van der Waals surface area contributed by atoms with Crippen LogP contribution in [0.1, 0.15) is 0 Å². The number of carboxylic acids is 3. The molecule has 0 amide bonds. The van der Waals surface area contributed by atoms with E-state index in [1.165, 1.54) is 0 Å². The quantitative estimate of drug-likeness (QED) is 0.289. The summed E-state index contributed by atoms with van der Waals surface area (Å²) < 4.78 is 0. The highest BCUT2D eigenvalue weighted by Gasteiger charge is 2.29. The highest BCUT2D eigenvalue weighted by Crippen LogP contribution is 1.92. The van der Waals surface area contributed by atoms with Crippen molar-refractivity contribution in [1.82, 2.24) is 0 Å². The van der Waals surface area contributed by atoms with Crippen molar-refractivity contribution in [2.45, 2.75) is 12.2 Å². The van der Waals surface area contributed by atoms with Gasteiger partial charge < -0.3 is 31.3 Å². The Morgan fingerprint density at radius 1 is 0.933 bits per heavy atom. The van der Waals surface area contributed by atoms with Crippen LogP contribution in [-0.4, -0.2) is 62.2 Å². The summed E-state index contributed by atoms with van der Waals surface area (Å²) in [5.41, 5.74) is 4.57. The molecule has 2 unspecified atom stereocenters. The summed E-state index contributed by atoms with van der Waals surface area (Å²) in [7, 11) is 0. The SMILES string of the molecule is NCC(=O)O.O=C(O)C(O)C(O)C(=O)O. The second kappa shape index (κ2) is 7.67. The average Bonchev–Trinajstić information content (AvgIpc) is 2.16. The van der Waals surface area contributed by atoms with Gasteiger partial charge in [0, 0.05) is 0 Å². The molecule has 0 heterocycles. The smallest absolute Gasteiger partial charge is 0.335 e. The molecule has 7 N–H and O–H groups in total. The Kier molecular flexibility index (Phi) is 8.05. The van der Waals surface area contributed by atoms with E-state index in [4.69, 9.17) is 25.5 Å². The standard InChI is InChI=1S/C4H6O6.C2H5NO2/c5-1(3(7)8)2(6)4(9)10;3-1-2(4)5/h1-2,5-6H,(H,7,8)(H,9,10);1,3H2,(H,4,5). The van der Waals surface area contributed by atoms with Crippen LogP contribution in [0.3, 0.4) is 0 Å². The lowest BCUT2D eigenvalue weighted by Crippen LogP contribution is -2.39. The molecule has 9 heteroatoms. The van der Waals surface area contributed by atoms with E-state index in [1.54, 1.807) is 0 Å². The number of hydrogen-bond donors (Lipinski definition) is 6. The molecule has 0 aliphatic rings. The van der Waals surface area contributed by atoms with E-state index < -0.39 is 30.1 Å². The largest absolute Gasteiger partial charge is 0.480 e. The summed E-state index contributed by atoms with van der Waals surface area (Å²) in [6, 6.07) is 0. The van der Waals surface area contributed by atoms with Crippen molar-refractivity contribution >= 4 is 17.9 Å². The maximum atomic E-state index is 9.77. The topological polar surface area (TPSA) is 178 Å². The molecule has 0 aliphatic heterocycles. The molecule has 9 nitrogen and oxygen atoms in total. The minimum atomic E-state index is -2.27. The minimum Gasteiger partial charge on any atom is -0.480 e. The summed E-state index contributed by atoms with van der Waals surface area (Å²) >= 11 is 0. The molecule has 0 radical (unpaired) electrons. The maximum Gasteiger partial charge on any atom is 0.335 e. The van der Waals surface area contributed by atoms with Gasteiger partial charge in [-0.05, 0) is 0 Å². The number of carbonyl (C=O) groups is 3. The second-order valence-electron chi connectivity index (χ2n) is 2.16. The highest BCUT2D eigenvalue weighted by atomic mass is 16.4. The van der Waals surface area contributed by atoms with E-state index in [9.17, 15) is 14.4 Å². The Hall–Kier alpha value is -1.71. The molecule has 2 atom stereocenters. The highest BCUT2D eigenvalue weighted by molar-refractivity contribution is 5.83. The van der Waals surface area contributed by atoms with Crippen LogP contribution in [-0.2, 0) is 14.4 Å². The molecule has 88 valence electrons. The predicted octanol–water partition coefficient (Wildman–Crippen LogP) is -3.09. The molecule has 0 fully saturated rings. The first-order valence-corrected chi connectivity index (χ1v) is 3.47. The number of hydrogen-bond acceptors (Lipinski definition) is 6. The van der Waals surface area contributed by atoms with Gasteiger partial charge in [-0.2, -0.15) is 0 Å². The van der Waals surface area contributed by atoms with Gasteiger partial charge in [0.15, 0.2) is 12.2 Å². The van der Waals surface area contributed by atoms with Crippen LogP contribution in [0.15, 0.2) is 0 Å². The molecular weight excluding hydrogens is 214 g/mol. The third-order valence-corrected chi connectivity index (χ3v) is 0.980. The second-order valence-corrected chi connectivity index (χ2v) is 2.16. The van der Waals surface area contributed by atoms with Crippen LogP contribution < -0.4 is 5.73 Å². The molecular formula is C6H11NO8. The monoisotopic (exact) mass is 225 g/mol. The van der Waals surface area contributed by atoms with E-state index in [1.807, 2.05) is 0 Å². The van der Waals surface area contributed by atoms with Gasteiger partial charge in [0.05, 0.1) is 6.54 Å². The Labute approximate surface area is 83.4 Å². The summed E-state index contributed by atoms with van der Waals surface area (Å²) in [6.07, 6.45) is -4.53. The fourth-order valence-electron chi connectivity index (χ4n) is 0.270. The van der Waals surface area contributed by atoms with Crippen molar-refractivity contribution in [3.05, 3.63) is 0 Å². The van der Waals surface area contributed by atoms with Crippen molar-refractivity contribution in [2.75, 3.05) is 6.54 Å². The molecule has 0 aromatic heterocycles. The Bertz CT molecular complexity index is 221. The van der Waals surface area contributed by atoms with Crippen LogP contribution in [0.2, 0.25) is 0 Å². The van der Waals surface area contributed by atoms with Gasteiger partial charge in [0.25, 0.3) is 0 Å². The number of carboxylic acid groups (broad SMARTS) is 3. The van der Waals surface area contributed by atoms with E-state index >= 15 is 0 Å². The fourth-order valence-corrected chi connectivity index (χ4v) is 0.270. The van der Waals surface area contributed by atoms with Crippen molar-refractivity contribution < 1.29 is 39.9 Å². The molecule has 0 bridgehead atoms. The lowest BCUT2D eigenvalue weighted by atomic mass is 10.2. The molecule has 15 heavy (non-hydrogen) atoms. The van der Waals surface area contributed by atoms with Crippen molar-refractivity contribution in [3.63, 3.8) is 0 Å². The fraction of sp³-hybridized carbons (Fsp3) is 0.500. The first-order chi connectivity index (χ1) is 6.73. The van der Waals surface area contributed by atoms with Gasteiger partial charge in [-0.1, -0.05) is 0 Å². The summed E-state index contributed by atoms with van der Waals surface area (Å²) in [6.45, 7) is -0.278. The van der Waals surface area contributed by atoms with Gasteiger partial charge in [0.1, 0.15) is 0 Å². The van der Waals surface area contributed by atoms with Gasteiger partial charge in [-0.3, -0.25) is 4.79 Å². The molecule has 0 aliphatic carbocycles. The van der Waals surface area contributed by atoms with Gasteiger partial charge >= 0.3 is 17.9 Å². The minimum absolute atomic E-state index is 0.278. The lowest BCUT2D eigenvalue weighted by Gasteiger charge is -2.07. The first kappa shape index (κ1) is 15.7. The van der Waals surface area contributed by atoms with Crippen molar-refractivity contribution in [1.29, 1.82) is 0 Å². The van der Waals surface area contributed by atoms with Crippen LogP contribution in [0.25, 0.3) is 0 Å². The van der Waals surface area contributed by atoms with E-state index in [-0.39, 0.29) is 6.54 Å². The normalized spacial score (nSPS) is 13.0.